The van der Waals surface area contributed by atoms with E-state index in [4.69, 9.17) is 0 Å². The van der Waals surface area contributed by atoms with Crippen LogP contribution in [0.3, 0.4) is 0 Å². The standard InChI is InChI=1S/C11H14N2O4/c1-11(2,3)12(10(14)15)8-6-4-5-7-9(8)13(16)17/h4-7H,1-3H3,(H,14,15). The van der Waals surface area contributed by atoms with Gasteiger partial charge in [0.2, 0.25) is 0 Å². The molecule has 1 aromatic rings. The summed E-state index contributed by atoms with van der Waals surface area (Å²) in [5, 5.41) is 20.0. The number of nitrogens with zero attached hydrogens (tertiary/aromatic N) is 2. The first-order valence-electron chi connectivity index (χ1n) is 5.01. The summed E-state index contributed by atoms with van der Waals surface area (Å²) < 4.78 is 0. The van der Waals surface area contributed by atoms with E-state index in [1.54, 1.807) is 26.8 Å². The van der Waals surface area contributed by atoms with Crippen molar-refractivity contribution >= 4 is 17.5 Å². The van der Waals surface area contributed by atoms with E-state index in [0.717, 1.165) is 4.90 Å². The minimum absolute atomic E-state index is 0.0810. The van der Waals surface area contributed by atoms with Crippen molar-refractivity contribution in [1.82, 2.24) is 0 Å². The number of rotatable bonds is 2. The van der Waals surface area contributed by atoms with Gasteiger partial charge in [-0.25, -0.2) is 4.79 Å². The summed E-state index contributed by atoms with van der Waals surface area (Å²) in [6, 6.07) is 5.79. The smallest absolute Gasteiger partial charge is 0.412 e. The number of carboxylic acid groups (broad SMARTS) is 1. The van der Waals surface area contributed by atoms with E-state index in [1.165, 1.54) is 18.2 Å². The highest BCUT2D eigenvalue weighted by Crippen LogP contribution is 2.32. The Kier molecular flexibility index (Phi) is 3.36. The molecule has 0 aliphatic carbocycles. The molecule has 0 saturated carbocycles. The maximum atomic E-state index is 11.2. The third-order valence-electron chi connectivity index (χ3n) is 2.18. The summed E-state index contributed by atoms with van der Waals surface area (Å²) in [5.74, 6) is 0. The minimum Gasteiger partial charge on any atom is -0.465 e. The fourth-order valence-corrected chi connectivity index (χ4v) is 1.56. The Hall–Kier alpha value is -2.11. The maximum Gasteiger partial charge on any atom is 0.412 e. The molecule has 1 N–H and O–H groups in total. The molecule has 17 heavy (non-hydrogen) atoms. The van der Waals surface area contributed by atoms with E-state index >= 15 is 0 Å². The molecule has 0 aromatic heterocycles. The number of nitro groups is 1. The van der Waals surface area contributed by atoms with Crippen molar-refractivity contribution in [3.63, 3.8) is 0 Å². The molecular weight excluding hydrogens is 224 g/mol. The van der Waals surface area contributed by atoms with Gasteiger partial charge in [0.1, 0.15) is 5.69 Å². The van der Waals surface area contributed by atoms with E-state index in [-0.39, 0.29) is 11.4 Å². The summed E-state index contributed by atoms with van der Waals surface area (Å²) in [6.45, 7) is 5.04. The van der Waals surface area contributed by atoms with E-state index in [2.05, 4.69) is 0 Å². The second-order valence-electron chi connectivity index (χ2n) is 4.53. The molecule has 0 unspecified atom stereocenters. The Morgan fingerprint density at radius 2 is 1.88 bits per heavy atom. The lowest BCUT2D eigenvalue weighted by atomic mass is 10.0. The molecular formula is C11H14N2O4. The molecule has 0 aliphatic rings. The van der Waals surface area contributed by atoms with Crippen LogP contribution in [-0.2, 0) is 0 Å². The average Bonchev–Trinajstić information content (AvgIpc) is 2.15. The molecule has 6 heteroatoms. The normalized spacial score (nSPS) is 11.0. The van der Waals surface area contributed by atoms with Gasteiger partial charge < -0.3 is 5.11 Å². The average molecular weight is 238 g/mol. The molecule has 0 spiro atoms. The highest BCUT2D eigenvalue weighted by atomic mass is 16.6. The zero-order chi connectivity index (χ0) is 13.2. The van der Waals surface area contributed by atoms with Crippen LogP contribution < -0.4 is 4.90 Å². The van der Waals surface area contributed by atoms with Gasteiger partial charge in [0.05, 0.1) is 4.92 Å². The topological polar surface area (TPSA) is 83.7 Å². The largest absolute Gasteiger partial charge is 0.465 e. The second kappa shape index (κ2) is 4.40. The first kappa shape index (κ1) is 13.0. The van der Waals surface area contributed by atoms with Gasteiger partial charge in [-0.2, -0.15) is 0 Å². The maximum absolute atomic E-state index is 11.2. The van der Waals surface area contributed by atoms with Gasteiger partial charge in [-0.1, -0.05) is 12.1 Å². The van der Waals surface area contributed by atoms with Gasteiger partial charge >= 0.3 is 6.09 Å². The summed E-state index contributed by atoms with van der Waals surface area (Å²) in [7, 11) is 0. The predicted molar refractivity (Wildman–Crippen MR) is 63.4 cm³/mol. The summed E-state index contributed by atoms with van der Waals surface area (Å²) in [4.78, 5) is 22.5. The van der Waals surface area contributed by atoms with Crippen LogP contribution in [0.1, 0.15) is 20.8 Å². The van der Waals surface area contributed by atoms with Gasteiger partial charge in [-0.15, -0.1) is 0 Å². The van der Waals surface area contributed by atoms with Crippen LogP contribution in [0.2, 0.25) is 0 Å². The lowest BCUT2D eigenvalue weighted by Gasteiger charge is -2.32. The fraction of sp³-hybridized carbons (Fsp3) is 0.364. The Labute approximate surface area is 98.6 Å². The quantitative estimate of drug-likeness (QED) is 0.634. The molecule has 0 fully saturated rings. The van der Waals surface area contributed by atoms with Gasteiger partial charge in [-0.3, -0.25) is 15.0 Å². The SMILES string of the molecule is CC(C)(C)N(C(=O)O)c1ccccc1[N+](=O)[O-]. The number of amides is 1. The van der Waals surface area contributed by atoms with Crippen LogP contribution in [0.5, 0.6) is 0 Å². The van der Waals surface area contributed by atoms with E-state index in [1.807, 2.05) is 0 Å². The second-order valence-corrected chi connectivity index (χ2v) is 4.53. The zero-order valence-electron chi connectivity index (χ0n) is 9.88. The molecule has 0 aliphatic heterocycles. The van der Waals surface area contributed by atoms with E-state index in [9.17, 15) is 20.0 Å². The number of para-hydroxylation sites is 2. The summed E-state index contributed by atoms with van der Waals surface area (Å²) >= 11 is 0. The Bertz CT molecular complexity index is 451. The molecule has 0 radical (unpaired) electrons. The van der Waals surface area contributed by atoms with E-state index < -0.39 is 16.6 Å². The highest BCUT2D eigenvalue weighted by Gasteiger charge is 2.32. The molecule has 1 aromatic carbocycles. The summed E-state index contributed by atoms with van der Waals surface area (Å²) in [5.41, 5.74) is -0.889. The van der Waals surface area contributed by atoms with Gasteiger partial charge in [-0.05, 0) is 26.8 Å². The molecule has 0 saturated heterocycles. The Morgan fingerprint density at radius 1 is 1.35 bits per heavy atom. The first-order valence-corrected chi connectivity index (χ1v) is 5.01. The first-order chi connectivity index (χ1) is 7.75. The van der Waals surface area contributed by atoms with Crippen molar-refractivity contribution in [3.05, 3.63) is 34.4 Å². The fourth-order valence-electron chi connectivity index (χ4n) is 1.56. The van der Waals surface area contributed by atoms with Crippen molar-refractivity contribution in [2.45, 2.75) is 26.3 Å². The van der Waals surface area contributed by atoms with E-state index in [0.29, 0.717) is 0 Å². The molecule has 92 valence electrons. The highest BCUT2D eigenvalue weighted by molar-refractivity contribution is 5.90. The van der Waals surface area contributed by atoms with Crippen molar-refractivity contribution in [2.75, 3.05) is 4.90 Å². The molecule has 0 bridgehead atoms. The number of hydrogen-bond donors (Lipinski definition) is 1. The van der Waals surface area contributed by atoms with Crippen LogP contribution >= 0.6 is 0 Å². The lowest BCUT2D eigenvalue weighted by Crippen LogP contribution is -2.45. The number of hydrogen-bond acceptors (Lipinski definition) is 3. The molecule has 6 nitrogen and oxygen atoms in total. The Morgan fingerprint density at radius 3 is 2.29 bits per heavy atom. The molecule has 1 amide bonds. The number of benzene rings is 1. The Balaban J connectivity index is 3.39. The number of anilines is 1. The third kappa shape index (κ3) is 2.72. The van der Waals surface area contributed by atoms with Crippen LogP contribution in [-0.4, -0.2) is 21.7 Å². The molecule has 0 atom stereocenters. The molecule has 1 rings (SSSR count). The van der Waals surface area contributed by atoms with Crippen molar-refractivity contribution in [1.29, 1.82) is 0 Å². The lowest BCUT2D eigenvalue weighted by molar-refractivity contribution is -0.384. The van der Waals surface area contributed by atoms with Crippen molar-refractivity contribution in [2.24, 2.45) is 0 Å². The zero-order valence-corrected chi connectivity index (χ0v) is 9.88. The minimum atomic E-state index is -1.22. The predicted octanol–water partition coefficient (Wildman–Crippen LogP) is 2.88. The van der Waals surface area contributed by atoms with Crippen LogP contribution in [0.4, 0.5) is 16.2 Å². The molecule has 0 heterocycles. The summed E-state index contributed by atoms with van der Waals surface area (Å²) in [6.07, 6.45) is -1.22. The number of carbonyl (C=O) groups is 1. The van der Waals surface area contributed by atoms with Crippen molar-refractivity contribution in [3.8, 4) is 0 Å². The van der Waals surface area contributed by atoms with Gasteiger partial charge in [0.25, 0.3) is 5.69 Å². The van der Waals surface area contributed by atoms with Crippen LogP contribution in [0, 0.1) is 10.1 Å². The number of nitro benzene ring substituents is 1. The van der Waals surface area contributed by atoms with Crippen LogP contribution in [0.25, 0.3) is 0 Å². The van der Waals surface area contributed by atoms with Gasteiger partial charge in [0.15, 0.2) is 0 Å². The van der Waals surface area contributed by atoms with Crippen molar-refractivity contribution < 1.29 is 14.8 Å². The van der Waals surface area contributed by atoms with Crippen LogP contribution in [0.15, 0.2) is 24.3 Å². The monoisotopic (exact) mass is 238 g/mol. The third-order valence-corrected chi connectivity index (χ3v) is 2.18. The van der Waals surface area contributed by atoms with Gasteiger partial charge in [0, 0.05) is 11.6 Å².